The second-order valence-electron chi connectivity index (χ2n) is 3.93. The van der Waals surface area contributed by atoms with Crippen LogP contribution in [0.4, 0.5) is 0 Å². The largest absolute Gasteiger partial charge is 0.326 e. The number of hydrogen-bond donors (Lipinski definition) is 1. The lowest BCUT2D eigenvalue weighted by Crippen LogP contribution is -1.96. The lowest BCUT2D eigenvalue weighted by Gasteiger charge is -2.01. The maximum absolute atomic E-state index is 5.70. The summed E-state index contributed by atoms with van der Waals surface area (Å²) in [6, 6.07) is 8.51. The number of rotatable bonds is 3. The SMILES string of the molecule is CCc1ccc(-c2nn(C)cc2CN)cc1. The Morgan fingerprint density at radius 3 is 2.50 bits per heavy atom. The Balaban J connectivity index is 2.41. The molecule has 1 heterocycles. The molecule has 0 aliphatic heterocycles. The second-order valence-corrected chi connectivity index (χ2v) is 3.93. The Labute approximate surface area is 95.9 Å². The van der Waals surface area contributed by atoms with E-state index >= 15 is 0 Å². The molecule has 0 atom stereocenters. The third-order valence-corrected chi connectivity index (χ3v) is 2.76. The quantitative estimate of drug-likeness (QED) is 0.852. The van der Waals surface area contributed by atoms with E-state index in [0.717, 1.165) is 23.2 Å². The number of hydrogen-bond acceptors (Lipinski definition) is 2. The highest BCUT2D eigenvalue weighted by molar-refractivity contribution is 5.63. The number of nitrogens with two attached hydrogens (primary N) is 1. The molecule has 3 heteroatoms. The van der Waals surface area contributed by atoms with Crippen molar-refractivity contribution >= 4 is 0 Å². The Hall–Kier alpha value is -1.61. The Morgan fingerprint density at radius 2 is 1.94 bits per heavy atom. The molecule has 0 fully saturated rings. The van der Waals surface area contributed by atoms with E-state index in [1.165, 1.54) is 5.56 Å². The first kappa shape index (κ1) is 10.9. The number of aromatic nitrogens is 2. The molecule has 2 rings (SSSR count). The minimum absolute atomic E-state index is 0.526. The molecule has 0 saturated carbocycles. The Bertz CT molecular complexity index is 468. The summed E-state index contributed by atoms with van der Waals surface area (Å²) < 4.78 is 1.81. The monoisotopic (exact) mass is 215 g/mol. The highest BCUT2D eigenvalue weighted by Gasteiger charge is 2.08. The molecular formula is C13H17N3. The van der Waals surface area contributed by atoms with Crippen molar-refractivity contribution in [2.45, 2.75) is 19.9 Å². The van der Waals surface area contributed by atoms with Crippen molar-refractivity contribution in [3.63, 3.8) is 0 Å². The smallest absolute Gasteiger partial charge is 0.0967 e. The first-order valence-electron chi connectivity index (χ1n) is 5.56. The highest BCUT2D eigenvalue weighted by Crippen LogP contribution is 2.22. The van der Waals surface area contributed by atoms with Gasteiger partial charge in [-0.1, -0.05) is 31.2 Å². The van der Waals surface area contributed by atoms with Crippen LogP contribution in [0.25, 0.3) is 11.3 Å². The van der Waals surface area contributed by atoms with Crippen LogP contribution in [-0.4, -0.2) is 9.78 Å². The topological polar surface area (TPSA) is 43.8 Å². The van der Waals surface area contributed by atoms with Crippen LogP contribution in [0.1, 0.15) is 18.1 Å². The fourth-order valence-corrected chi connectivity index (χ4v) is 1.83. The van der Waals surface area contributed by atoms with Crippen LogP contribution in [0.2, 0.25) is 0 Å². The lowest BCUT2D eigenvalue weighted by molar-refractivity contribution is 0.769. The molecule has 2 N–H and O–H groups in total. The molecule has 1 aromatic carbocycles. The van der Waals surface area contributed by atoms with Gasteiger partial charge in [-0.2, -0.15) is 5.10 Å². The zero-order valence-electron chi connectivity index (χ0n) is 9.77. The van der Waals surface area contributed by atoms with Gasteiger partial charge in [-0.15, -0.1) is 0 Å². The van der Waals surface area contributed by atoms with Crippen molar-refractivity contribution < 1.29 is 0 Å². The molecule has 3 nitrogen and oxygen atoms in total. The van der Waals surface area contributed by atoms with Crippen LogP contribution in [-0.2, 0) is 20.0 Å². The standard InChI is InChI=1S/C13H17N3/c1-3-10-4-6-11(7-5-10)13-12(8-14)9-16(2)15-13/h4-7,9H,3,8,14H2,1-2H3. The van der Waals surface area contributed by atoms with E-state index < -0.39 is 0 Å². The molecule has 0 spiro atoms. The second kappa shape index (κ2) is 4.49. The van der Waals surface area contributed by atoms with Crippen LogP contribution in [0.3, 0.4) is 0 Å². The van der Waals surface area contributed by atoms with Crippen LogP contribution in [0.15, 0.2) is 30.5 Å². The predicted octanol–water partition coefficient (Wildman–Crippen LogP) is 2.11. The molecule has 0 radical (unpaired) electrons. The van der Waals surface area contributed by atoms with Gasteiger partial charge < -0.3 is 5.73 Å². The zero-order valence-corrected chi connectivity index (χ0v) is 9.77. The van der Waals surface area contributed by atoms with Gasteiger partial charge in [0.1, 0.15) is 0 Å². The maximum Gasteiger partial charge on any atom is 0.0967 e. The van der Waals surface area contributed by atoms with Gasteiger partial charge in [-0.25, -0.2) is 0 Å². The van der Waals surface area contributed by atoms with Crippen molar-refractivity contribution in [2.24, 2.45) is 12.8 Å². The summed E-state index contributed by atoms with van der Waals surface area (Å²) in [4.78, 5) is 0. The van der Waals surface area contributed by atoms with Crippen LogP contribution >= 0.6 is 0 Å². The molecular weight excluding hydrogens is 198 g/mol. The van der Waals surface area contributed by atoms with Crippen LogP contribution < -0.4 is 5.73 Å². The van der Waals surface area contributed by atoms with E-state index in [1.54, 1.807) is 0 Å². The van der Waals surface area contributed by atoms with E-state index in [2.05, 4.69) is 36.3 Å². The summed E-state index contributed by atoms with van der Waals surface area (Å²) >= 11 is 0. The van der Waals surface area contributed by atoms with Gasteiger partial charge >= 0.3 is 0 Å². The van der Waals surface area contributed by atoms with Gasteiger partial charge in [-0.05, 0) is 12.0 Å². The van der Waals surface area contributed by atoms with E-state index in [0.29, 0.717) is 6.54 Å². The summed E-state index contributed by atoms with van der Waals surface area (Å²) in [5, 5.41) is 4.44. The van der Waals surface area contributed by atoms with E-state index in [4.69, 9.17) is 5.73 Å². The van der Waals surface area contributed by atoms with Crippen molar-refractivity contribution in [1.82, 2.24) is 9.78 Å². The van der Waals surface area contributed by atoms with Crippen LogP contribution in [0, 0.1) is 0 Å². The minimum atomic E-state index is 0.526. The normalized spacial score (nSPS) is 10.7. The van der Waals surface area contributed by atoms with Crippen molar-refractivity contribution in [3.8, 4) is 11.3 Å². The first-order chi connectivity index (χ1) is 7.74. The zero-order chi connectivity index (χ0) is 11.5. The average Bonchev–Trinajstić information content (AvgIpc) is 2.70. The fraction of sp³-hybridized carbons (Fsp3) is 0.308. The van der Waals surface area contributed by atoms with E-state index in [9.17, 15) is 0 Å². The molecule has 84 valence electrons. The average molecular weight is 215 g/mol. The molecule has 0 bridgehead atoms. The van der Waals surface area contributed by atoms with Gasteiger partial charge in [0.25, 0.3) is 0 Å². The lowest BCUT2D eigenvalue weighted by atomic mass is 10.1. The molecule has 0 aliphatic rings. The van der Waals surface area contributed by atoms with Crippen LogP contribution in [0.5, 0.6) is 0 Å². The summed E-state index contributed by atoms with van der Waals surface area (Å²) in [5.41, 5.74) is 10.3. The highest BCUT2D eigenvalue weighted by atomic mass is 15.3. The fourth-order valence-electron chi connectivity index (χ4n) is 1.83. The molecule has 16 heavy (non-hydrogen) atoms. The van der Waals surface area contributed by atoms with E-state index in [1.807, 2.05) is 17.9 Å². The summed E-state index contributed by atoms with van der Waals surface area (Å²) in [6.07, 6.45) is 3.04. The maximum atomic E-state index is 5.70. The number of nitrogens with zero attached hydrogens (tertiary/aromatic N) is 2. The molecule has 1 aromatic heterocycles. The molecule has 0 aliphatic carbocycles. The number of benzene rings is 1. The number of aryl methyl sites for hydroxylation is 2. The molecule has 0 saturated heterocycles. The van der Waals surface area contributed by atoms with Gasteiger partial charge in [0, 0.05) is 30.9 Å². The van der Waals surface area contributed by atoms with Crippen molar-refractivity contribution in [1.29, 1.82) is 0 Å². The third-order valence-electron chi connectivity index (χ3n) is 2.76. The first-order valence-corrected chi connectivity index (χ1v) is 5.56. The summed E-state index contributed by atoms with van der Waals surface area (Å²) in [5.74, 6) is 0. The Morgan fingerprint density at radius 1 is 1.25 bits per heavy atom. The molecule has 0 amide bonds. The van der Waals surface area contributed by atoms with Gasteiger partial charge in [0.05, 0.1) is 5.69 Å². The van der Waals surface area contributed by atoms with E-state index in [-0.39, 0.29) is 0 Å². The van der Waals surface area contributed by atoms with Gasteiger partial charge in [-0.3, -0.25) is 4.68 Å². The Kier molecular flexibility index (Phi) is 3.06. The summed E-state index contributed by atoms with van der Waals surface area (Å²) in [6.45, 7) is 2.68. The van der Waals surface area contributed by atoms with Crippen molar-refractivity contribution in [3.05, 3.63) is 41.6 Å². The summed E-state index contributed by atoms with van der Waals surface area (Å²) in [7, 11) is 1.92. The van der Waals surface area contributed by atoms with Gasteiger partial charge in [0.2, 0.25) is 0 Å². The van der Waals surface area contributed by atoms with Gasteiger partial charge in [0.15, 0.2) is 0 Å². The minimum Gasteiger partial charge on any atom is -0.326 e. The van der Waals surface area contributed by atoms with Crippen molar-refractivity contribution in [2.75, 3.05) is 0 Å². The molecule has 2 aromatic rings. The molecule has 0 unspecified atom stereocenters. The third kappa shape index (κ3) is 1.99. The predicted molar refractivity (Wildman–Crippen MR) is 65.9 cm³/mol.